The lowest BCUT2D eigenvalue weighted by molar-refractivity contribution is 0.598. The summed E-state index contributed by atoms with van der Waals surface area (Å²) in [6.07, 6.45) is 0. The van der Waals surface area contributed by atoms with Gasteiger partial charge in [-0.2, -0.15) is 0 Å². The lowest BCUT2D eigenvalue weighted by Gasteiger charge is -2.11. The zero-order valence-electron chi connectivity index (χ0n) is 9.90. The molecule has 106 valence electrons. The van der Waals surface area contributed by atoms with Crippen LogP contribution in [0.3, 0.4) is 0 Å². The number of nitrogen functional groups attached to an aromatic ring is 1. The maximum absolute atomic E-state index is 13.6. The van der Waals surface area contributed by atoms with Crippen LogP contribution in [0.5, 0.6) is 0 Å². The van der Waals surface area contributed by atoms with Crippen molar-refractivity contribution in [3.05, 3.63) is 52.3 Å². The van der Waals surface area contributed by atoms with E-state index >= 15 is 0 Å². The van der Waals surface area contributed by atoms with E-state index in [1.54, 1.807) is 0 Å². The summed E-state index contributed by atoms with van der Waals surface area (Å²) in [6, 6.07) is 7.62. The Morgan fingerprint density at radius 2 is 1.80 bits per heavy atom. The number of halogens is 3. The largest absolute Gasteiger partial charge is 0.397 e. The second kappa shape index (κ2) is 5.47. The molecule has 0 heterocycles. The Hall–Kier alpha value is -1.50. The van der Waals surface area contributed by atoms with E-state index in [4.69, 9.17) is 28.9 Å². The topological polar surface area (TPSA) is 72.2 Å². The van der Waals surface area contributed by atoms with Gasteiger partial charge in [-0.3, -0.25) is 4.72 Å². The number of hydrogen-bond donors (Lipinski definition) is 2. The maximum Gasteiger partial charge on any atom is 0.262 e. The van der Waals surface area contributed by atoms with Crippen molar-refractivity contribution in [2.24, 2.45) is 0 Å². The van der Waals surface area contributed by atoms with Crippen LogP contribution in [0.4, 0.5) is 15.8 Å². The maximum atomic E-state index is 13.6. The summed E-state index contributed by atoms with van der Waals surface area (Å²) < 4.78 is 39.9. The van der Waals surface area contributed by atoms with Gasteiger partial charge in [0.05, 0.1) is 20.6 Å². The molecule has 0 saturated carbocycles. The molecule has 8 heteroatoms. The smallest absolute Gasteiger partial charge is 0.262 e. The molecule has 2 aromatic carbocycles. The molecule has 0 bridgehead atoms. The Kier molecular flexibility index (Phi) is 4.08. The Bertz CT molecular complexity index is 746. The van der Waals surface area contributed by atoms with Crippen LogP contribution >= 0.6 is 23.2 Å². The summed E-state index contributed by atoms with van der Waals surface area (Å²) >= 11 is 11.5. The number of nitrogens with two attached hydrogens (primary N) is 1. The molecule has 0 aliphatic heterocycles. The van der Waals surface area contributed by atoms with Gasteiger partial charge in [0.25, 0.3) is 10.0 Å². The van der Waals surface area contributed by atoms with Crippen LogP contribution in [0, 0.1) is 5.82 Å². The van der Waals surface area contributed by atoms with Gasteiger partial charge in [-0.05, 0) is 30.3 Å². The van der Waals surface area contributed by atoms with Gasteiger partial charge in [-0.15, -0.1) is 0 Å². The summed E-state index contributed by atoms with van der Waals surface area (Å²) in [5.74, 6) is -0.775. The SMILES string of the molecule is Nc1cc(S(=O)(=O)Nc2c(F)cccc2Cl)ccc1Cl. The predicted octanol–water partition coefficient (Wildman–Crippen LogP) is 3.52. The van der Waals surface area contributed by atoms with E-state index in [0.717, 1.165) is 6.07 Å². The quantitative estimate of drug-likeness (QED) is 0.843. The summed E-state index contributed by atoms with van der Waals surface area (Å²) in [7, 11) is -4.01. The van der Waals surface area contributed by atoms with Gasteiger partial charge in [0.1, 0.15) is 11.5 Å². The van der Waals surface area contributed by atoms with Crippen molar-refractivity contribution < 1.29 is 12.8 Å². The molecule has 0 amide bonds. The highest BCUT2D eigenvalue weighted by Crippen LogP contribution is 2.28. The van der Waals surface area contributed by atoms with Gasteiger partial charge in [-0.1, -0.05) is 29.3 Å². The lowest BCUT2D eigenvalue weighted by Crippen LogP contribution is -2.14. The molecule has 0 saturated heterocycles. The number of nitrogens with one attached hydrogen (secondary N) is 1. The van der Waals surface area contributed by atoms with Crippen molar-refractivity contribution in [3.8, 4) is 0 Å². The predicted molar refractivity (Wildman–Crippen MR) is 78.1 cm³/mol. The molecule has 0 atom stereocenters. The van der Waals surface area contributed by atoms with Crippen molar-refractivity contribution in [3.63, 3.8) is 0 Å². The van der Waals surface area contributed by atoms with Crippen molar-refractivity contribution in [2.75, 3.05) is 10.5 Å². The van der Waals surface area contributed by atoms with E-state index < -0.39 is 15.8 Å². The van der Waals surface area contributed by atoms with Gasteiger partial charge < -0.3 is 5.73 Å². The molecule has 0 unspecified atom stereocenters. The third-order valence-corrected chi connectivity index (χ3v) is 4.48. The van der Waals surface area contributed by atoms with E-state index in [9.17, 15) is 12.8 Å². The molecule has 20 heavy (non-hydrogen) atoms. The van der Waals surface area contributed by atoms with Crippen molar-refractivity contribution >= 4 is 44.6 Å². The first-order valence-corrected chi connectivity index (χ1v) is 7.57. The van der Waals surface area contributed by atoms with Crippen LogP contribution in [0.15, 0.2) is 41.3 Å². The zero-order valence-corrected chi connectivity index (χ0v) is 12.2. The fourth-order valence-electron chi connectivity index (χ4n) is 1.48. The summed E-state index contributed by atoms with van der Waals surface area (Å²) in [6.45, 7) is 0. The van der Waals surface area contributed by atoms with E-state index in [-0.39, 0.29) is 26.3 Å². The molecule has 2 rings (SSSR count). The average Bonchev–Trinajstić information content (AvgIpc) is 2.37. The van der Waals surface area contributed by atoms with Gasteiger partial charge in [0.2, 0.25) is 0 Å². The molecule has 0 fully saturated rings. The highest BCUT2D eigenvalue weighted by Gasteiger charge is 2.19. The minimum Gasteiger partial charge on any atom is -0.397 e. The number of para-hydroxylation sites is 1. The standard InChI is InChI=1S/C12H9Cl2FN2O2S/c13-8-5-4-7(6-11(8)16)20(18,19)17-12-9(14)2-1-3-10(12)15/h1-6,17H,16H2. The zero-order chi connectivity index (χ0) is 14.9. The number of rotatable bonds is 3. The monoisotopic (exact) mass is 334 g/mol. The number of sulfonamides is 1. The van der Waals surface area contributed by atoms with E-state index in [2.05, 4.69) is 4.72 Å². The van der Waals surface area contributed by atoms with Crippen LogP contribution < -0.4 is 10.5 Å². The highest BCUT2D eigenvalue weighted by atomic mass is 35.5. The molecule has 0 aliphatic carbocycles. The highest BCUT2D eigenvalue weighted by molar-refractivity contribution is 7.92. The molecule has 0 aliphatic rings. The Balaban J connectivity index is 2.43. The summed E-state index contributed by atoms with van der Waals surface area (Å²) in [4.78, 5) is -0.140. The third kappa shape index (κ3) is 2.98. The average molecular weight is 335 g/mol. The molecule has 0 aromatic heterocycles. The second-order valence-electron chi connectivity index (χ2n) is 3.89. The van der Waals surface area contributed by atoms with Crippen LogP contribution in [0.2, 0.25) is 10.0 Å². The van der Waals surface area contributed by atoms with Crippen molar-refractivity contribution in [1.29, 1.82) is 0 Å². The van der Waals surface area contributed by atoms with Crippen molar-refractivity contribution in [1.82, 2.24) is 0 Å². The summed E-state index contributed by atoms with van der Waals surface area (Å²) in [5, 5.41) is 0.184. The lowest BCUT2D eigenvalue weighted by atomic mass is 10.3. The van der Waals surface area contributed by atoms with E-state index in [0.29, 0.717) is 0 Å². The normalized spacial score (nSPS) is 11.3. The molecule has 4 nitrogen and oxygen atoms in total. The molecule has 0 radical (unpaired) electrons. The number of hydrogen-bond acceptors (Lipinski definition) is 3. The minimum absolute atomic E-state index is 0.0458. The summed E-state index contributed by atoms with van der Waals surface area (Å²) in [5.41, 5.74) is 5.33. The number of benzene rings is 2. The van der Waals surface area contributed by atoms with Crippen LogP contribution in [-0.4, -0.2) is 8.42 Å². The Morgan fingerprint density at radius 1 is 1.10 bits per heavy atom. The second-order valence-corrected chi connectivity index (χ2v) is 6.38. The van der Waals surface area contributed by atoms with E-state index in [1.165, 1.54) is 30.3 Å². The van der Waals surface area contributed by atoms with E-state index in [1.807, 2.05) is 0 Å². The third-order valence-electron chi connectivity index (χ3n) is 2.48. The fraction of sp³-hybridized carbons (Fsp3) is 0. The van der Waals surface area contributed by atoms with Gasteiger partial charge in [0.15, 0.2) is 0 Å². The number of anilines is 2. The van der Waals surface area contributed by atoms with Crippen LogP contribution in [0.1, 0.15) is 0 Å². The first kappa shape index (κ1) is 14.9. The first-order valence-electron chi connectivity index (χ1n) is 5.33. The van der Waals surface area contributed by atoms with Gasteiger partial charge in [-0.25, -0.2) is 12.8 Å². The van der Waals surface area contributed by atoms with Gasteiger partial charge >= 0.3 is 0 Å². The molecule has 3 N–H and O–H groups in total. The Morgan fingerprint density at radius 3 is 2.40 bits per heavy atom. The van der Waals surface area contributed by atoms with Crippen LogP contribution in [-0.2, 0) is 10.0 Å². The molecule has 0 spiro atoms. The fourth-order valence-corrected chi connectivity index (χ4v) is 2.98. The molecular formula is C12H9Cl2FN2O2S. The Labute approximate surface area is 125 Å². The molecule has 2 aromatic rings. The first-order chi connectivity index (χ1) is 9.31. The van der Waals surface area contributed by atoms with Gasteiger partial charge in [0, 0.05) is 0 Å². The minimum atomic E-state index is -4.01. The molecular weight excluding hydrogens is 326 g/mol. The van der Waals surface area contributed by atoms with Crippen molar-refractivity contribution in [2.45, 2.75) is 4.90 Å². The van der Waals surface area contributed by atoms with Crippen LogP contribution in [0.25, 0.3) is 0 Å².